The van der Waals surface area contributed by atoms with E-state index in [0.29, 0.717) is 11.8 Å². The van der Waals surface area contributed by atoms with Crippen molar-refractivity contribution in [2.75, 3.05) is 0 Å². The third kappa shape index (κ3) is 4.29. The van der Waals surface area contributed by atoms with E-state index in [-0.39, 0.29) is 24.4 Å². The first-order valence-corrected chi connectivity index (χ1v) is 6.82. The van der Waals surface area contributed by atoms with Gasteiger partial charge in [0.25, 0.3) is 5.91 Å². The molecule has 0 saturated carbocycles. The maximum atomic E-state index is 12.7. The van der Waals surface area contributed by atoms with Gasteiger partial charge in [-0.1, -0.05) is 24.3 Å². The van der Waals surface area contributed by atoms with Crippen LogP contribution >= 0.6 is 0 Å². The predicted octanol–water partition coefficient (Wildman–Crippen LogP) is 2.83. The first-order valence-electron chi connectivity index (χ1n) is 6.82. The van der Waals surface area contributed by atoms with Gasteiger partial charge < -0.3 is 10.4 Å². The Labute approximate surface area is 131 Å². The minimum atomic E-state index is -4.55. The van der Waals surface area contributed by atoms with E-state index < -0.39 is 17.6 Å². The van der Waals surface area contributed by atoms with Crippen molar-refractivity contribution < 1.29 is 23.1 Å². The molecule has 0 spiro atoms. The summed E-state index contributed by atoms with van der Waals surface area (Å²) >= 11 is 0. The fraction of sp³-hybridized carbons (Fsp3) is 0.250. The van der Waals surface area contributed by atoms with Crippen LogP contribution in [0.4, 0.5) is 13.2 Å². The van der Waals surface area contributed by atoms with Crippen LogP contribution in [0, 0.1) is 6.92 Å². The van der Waals surface area contributed by atoms with Gasteiger partial charge in [-0.3, -0.25) is 9.78 Å². The summed E-state index contributed by atoms with van der Waals surface area (Å²) in [6, 6.07) is 7.70. The molecule has 0 aliphatic heterocycles. The fourth-order valence-electron chi connectivity index (χ4n) is 2.03. The van der Waals surface area contributed by atoms with Crippen molar-refractivity contribution in [1.82, 2.24) is 10.3 Å². The van der Waals surface area contributed by atoms with Crippen LogP contribution in [0.3, 0.4) is 0 Å². The third-order valence-corrected chi connectivity index (χ3v) is 3.29. The maximum Gasteiger partial charge on any atom is 0.417 e. The molecule has 2 N–H and O–H groups in total. The Hall–Kier alpha value is -2.41. The second-order valence-electron chi connectivity index (χ2n) is 5.02. The molecule has 0 unspecified atom stereocenters. The van der Waals surface area contributed by atoms with Gasteiger partial charge in [-0.05, 0) is 24.1 Å². The second-order valence-corrected chi connectivity index (χ2v) is 5.02. The van der Waals surface area contributed by atoms with E-state index in [4.69, 9.17) is 5.11 Å². The molecule has 0 aliphatic rings. The molecule has 23 heavy (non-hydrogen) atoms. The number of carbonyl (C=O) groups excluding carboxylic acids is 1. The molecule has 0 bridgehead atoms. The standard InChI is InChI=1S/C16H15F3N2O2/c1-10-14(6-13(8-20-10)16(17,18)19)15(23)21-7-11-3-2-4-12(5-11)9-22/h2-6,8,22H,7,9H2,1H3,(H,21,23). The summed E-state index contributed by atoms with van der Waals surface area (Å²) in [5.74, 6) is -0.629. The summed E-state index contributed by atoms with van der Waals surface area (Å²) in [6.07, 6.45) is -3.85. The molecule has 1 amide bonds. The summed E-state index contributed by atoms with van der Waals surface area (Å²) in [6.45, 7) is 1.49. The largest absolute Gasteiger partial charge is 0.417 e. The Bertz CT molecular complexity index is 715. The molecule has 1 aromatic heterocycles. The molecule has 1 aromatic carbocycles. The zero-order valence-electron chi connectivity index (χ0n) is 12.3. The average Bonchev–Trinajstić information content (AvgIpc) is 2.52. The number of benzene rings is 1. The normalized spacial score (nSPS) is 11.3. The highest BCUT2D eigenvalue weighted by Gasteiger charge is 2.32. The summed E-state index contributed by atoms with van der Waals surface area (Å²) in [5, 5.41) is 11.6. The Balaban J connectivity index is 2.14. The minimum Gasteiger partial charge on any atom is -0.392 e. The number of nitrogens with one attached hydrogen (secondary N) is 1. The first kappa shape index (κ1) is 17.0. The van der Waals surface area contributed by atoms with Crippen molar-refractivity contribution in [2.45, 2.75) is 26.3 Å². The lowest BCUT2D eigenvalue weighted by molar-refractivity contribution is -0.137. The number of aliphatic hydroxyl groups excluding tert-OH is 1. The van der Waals surface area contributed by atoms with Crippen molar-refractivity contribution in [2.24, 2.45) is 0 Å². The van der Waals surface area contributed by atoms with Gasteiger partial charge >= 0.3 is 6.18 Å². The van der Waals surface area contributed by atoms with Crippen LogP contribution in [0.5, 0.6) is 0 Å². The molecular formula is C16H15F3N2O2. The molecule has 4 nitrogen and oxygen atoms in total. The molecule has 7 heteroatoms. The van der Waals surface area contributed by atoms with Gasteiger partial charge in [-0.25, -0.2) is 0 Å². The highest BCUT2D eigenvalue weighted by Crippen LogP contribution is 2.29. The quantitative estimate of drug-likeness (QED) is 0.909. The number of rotatable bonds is 4. The number of aliphatic hydroxyl groups is 1. The number of halogens is 3. The molecule has 0 saturated heterocycles. The van der Waals surface area contributed by atoms with Crippen LogP contribution in [0.1, 0.15) is 32.7 Å². The minimum absolute atomic E-state index is 0.113. The number of alkyl halides is 3. The molecule has 0 radical (unpaired) electrons. The maximum absolute atomic E-state index is 12.7. The van der Waals surface area contributed by atoms with Crippen molar-refractivity contribution in [3.63, 3.8) is 0 Å². The molecule has 2 aromatic rings. The predicted molar refractivity (Wildman–Crippen MR) is 77.5 cm³/mol. The highest BCUT2D eigenvalue weighted by atomic mass is 19.4. The number of nitrogens with zero attached hydrogens (tertiary/aromatic N) is 1. The lowest BCUT2D eigenvalue weighted by Crippen LogP contribution is -2.24. The van der Waals surface area contributed by atoms with Crippen LogP contribution in [-0.4, -0.2) is 16.0 Å². The molecule has 0 fully saturated rings. The smallest absolute Gasteiger partial charge is 0.392 e. The number of aromatic nitrogens is 1. The fourth-order valence-corrected chi connectivity index (χ4v) is 2.03. The van der Waals surface area contributed by atoms with Crippen molar-refractivity contribution in [3.05, 3.63) is 64.5 Å². The Morgan fingerprint density at radius 3 is 2.61 bits per heavy atom. The summed E-state index contributed by atoms with van der Waals surface area (Å²) < 4.78 is 38.1. The van der Waals surface area contributed by atoms with Crippen LogP contribution in [0.15, 0.2) is 36.5 Å². The number of amides is 1. The number of hydrogen-bond donors (Lipinski definition) is 2. The zero-order valence-corrected chi connectivity index (χ0v) is 12.3. The number of pyridine rings is 1. The summed E-state index contributed by atoms with van der Waals surface area (Å²) in [5.41, 5.74) is 0.574. The number of hydrogen-bond acceptors (Lipinski definition) is 3. The molecule has 122 valence electrons. The molecule has 2 rings (SSSR count). The molecule has 0 atom stereocenters. The van der Waals surface area contributed by atoms with Crippen molar-refractivity contribution >= 4 is 5.91 Å². The van der Waals surface area contributed by atoms with Gasteiger partial charge in [-0.2, -0.15) is 13.2 Å². The van der Waals surface area contributed by atoms with E-state index in [1.165, 1.54) is 6.92 Å². The van der Waals surface area contributed by atoms with Gasteiger partial charge in [-0.15, -0.1) is 0 Å². The van der Waals surface area contributed by atoms with Gasteiger partial charge in [0.2, 0.25) is 0 Å². The van der Waals surface area contributed by atoms with Crippen LogP contribution in [-0.2, 0) is 19.3 Å². The van der Waals surface area contributed by atoms with Gasteiger partial charge in [0, 0.05) is 18.4 Å². The lowest BCUT2D eigenvalue weighted by atomic mass is 10.1. The average molecular weight is 324 g/mol. The monoisotopic (exact) mass is 324 g/mol. The van der Waals surface area contributed by atoms with E-state index in [0.717, 1.165) is 11.6 Å². The summed E-state index contributed by atoms with van der Waals surface area (Å²) in [7, 11) is 0. The summed E-state index contributed by atoms with van der Waals surface area (Å²) in [4.78, 5) is 15.7. The second kappa shape index (κ2) is 6.78. The van der Waals surface area contributed by atoms with E-state index in [9.17, 15) is 18.0 Å². The van der Waals surface area contributed by atoms with E-state index in [1.807, 2.05) is 0 Å². The van der Waals surface area contributed by atoms with Crippen molar-refractivity contribution in [1.29, 1.82) is 0 Å². The number of aryl methyl sites for hydroxylation is 1. The van der Waals surface area contributed by atoms with Gasteiger partial charge in [0.05, 0.1) is 17.7 Å². The molecule has 1 heterocycles. The van der Waals surface area contributed by atoms with Crippen LogP contribution in [0.2, 0.25) is 0 Å². The van der Waals surface area contributed by atoms with E-state index in [1.54, 1.807) is 24.3 Å². The SMILES string of the molecule is Cc1ncc(C(F)(F)F)cc1C(=O)NCc1cccc(CO)c1. The van der Waals surface area contributed by atoms with Gasteiger partial charge in [0.1, 0.15) is 0 Å². The topological polar surface area (TPSA) is 62.2 Å². The van der Waals surface area contributed by atoms with E-state index in [2.05, 4.69) is 10.3 Å². The van der Waals surface area contributed by atoms with Crippen LogP contribution in [0.25, 0.3) is 0 Å². The highest BCUT2D eigenvalue weighted by molar-refractivity contribution is 5.95. The number of carbonyl (C=O) groups is 1. The first-order chi connectivity index (χ1) is 10.8. The Kier molecular flexibility index (Phi) is 5.00. The molecular weight excluding hydrogens is 309 g/mol. The Morgan fingerprint density at radius 1 is 1.26 bits per heavy atom. The van der Waals surface area contributed by atoms with Gasteiger partial charge in [0.15, 0.2) is 0 Å². The third-order valence-electron chi connectivity index (χ3n) is 3.29. The lowest BCUT2D eigenvalue weighted by Gasteiger charge is -2.11. The molecule has 0 aliphatic carbocycles. The zero-order chi connectivity index (χ0) is 17.0. The van der Waals surface area contributed by atoms with Crippen molar-refractivity contribution in [3.8, 4) is 0 Å². The Morgan fingerprint density at radius 2 is 1.96 bits per heavy atom. The van der Waals surface area contributed by atoms with E-state index >= 15 is 0 Å². The van der Waals surface area contributed by atoms with Crippen LogP contribution < -0.4 is 5.32 Å².